The van der Waals surface area contributed by atoms with Crippen LogP contribution in [0.25, 0.3) is 0 Å². The van der Waals surface area contributed by atoms with Gasteiger partial charge >= 0.3 is 0 Å². The zero-order valence-electron chi connectivity index (χ0n) is 19.5. The highest BCUT2D eigenvalue weighted by Gasteiger charge is 2.23. The molecule has 0 aliphatic heterocycles. The molecule has 0 saturated heterocycles. The Labute approximate surface area is 185 Å². The minimum absolute atomic E-state index is 0.0398. The van der Waals surface area contributed by atoms with Gasteiger partial charge < -0.3 is 24.1 Å². The summed E-state index contributed by atoms with van der Waals surface area (Å²) in [5.41, 5.74) is 3.96. The van der Waals surface area contributed by atoms with Gasteiger partial charge in [0.15, 0.2) is 11.5 Å². The van der Waals surface area contributed by atoms with Crippen molar-refractivity contribution in [1.29, 1.82) is 0 Å². The maximum absolute atomic E-state index is 13.1. The van der Waals surface area contributed by atoms with E-state index in [2.05, 4.69) is 23.7 Å². The van der Waals surface area contributed by atoms with Crippen molar-refractivity contribution in [2.75, 3.05) is 27.4 Å². The summed E-state index contributed by atoms with van der Waals surface area (Å²) < 4.78 is 18.6. The number of methoxy groups -OCH3 is 2. The predicted molar refractivity (Wildman–Crippen MR) is 122 cm³/mol. The SMILES string of the molecule is COCCOc1ccc(C(C)NC(=O)c2cc(C)n(C3CCCCC3)c2C)cc1OC. The van der Waals surface area contributed by atoms with Crippen molar-refractivity contribution in [3.8, 4) is 11.5 Å². The number of rotatable bonds is 9. The highest BCUT2D eigenvalue weighted by molar-refractivity contribution is 5.96. The molecule has 1 unspecified atom stereocenters. The lowest BCUT2D eigenvalue weighted by Crippen LogP contribution is -2.27. The number of hydrogen-bond acceptors (Lipinski definition) is 4. The molecule has 0 spiro atoms. The second kappa shape index (κ2) is 10.7. The van der Waals surface area contributed by atoms with Crippen LogP contribution in [0.2, 0.25) is 0 Å². The summed E-state index contributed by atoms with van der Waals surface area (Å²) in [6.07, 6.45) is 6.26. The van der Waals surface area contributed by atoms with Crippen LogP contribution in [-0.2, 0) is 4.74 Å². The van der Waals surface area contributed by atoms with Crippen molar-refractivity contribution in [2.24, 2.45) is 0 Å². The molecular weight excluding hydrogens is 392 g/mol. The number of nitrogens with one attached hydrogen (secondary N) is 1. The molecule has 0 radical (unpaired) electrons. The minimum Gasteiger partial charge on any atom is -0.493 e. The highest BCUT2D eigenvalue weighted by atomic mass is 16.5. The Balaban J connectivity index is 1.72. The Morgan fingerprint density at radius 2 is 1.84 bits per heavy atom. The van der Waals surface area contributed by atoms with Crippen LogP contribution in [0.15, 0.2) is 24.3 Å². The zero-order valence-corrected chi connectivity index (χ0v) is 19.5. The summed E-state index contributed by atoms with van der Waals surface area (Å²) in [7, 11) is 3.26. The van der Waals surface area contributed by atoms with E-state index in [4.69, 9.17) is 14.2 Å². The van der Waals surface area contributed by atoms with E-state index in [0.717, 1.165) is 16.8 Å². The van der Waals surface area contributed by atoms with E-state index in [1.54, 1.807) is 14.2 Å². The fourth-order valence-corrected chi connectivity index (χ4v) is 4.57. The first kappa shape index (κ1) is 23.2. The van der Waals surface area contributed by atoms with Crippen LogP contribution >= 0.6 is 0 Å². The third kappa shape index (κ3) is 5.42. The van der Waals surface area contributed by atoms with Gasteiger partial charge in [0.05, 0.1) is 25.3 Å². The van der Waals surface area contributed by atoms with E-state index in [1.807, 2.05) is 31.2 Å². The van der Waals surface area contributed by atoms with E-state index >= 15 is 0 Å². The molecule has 6 nitrogen and oxygen atoms in total. The first-order valence-electron chi connectivity index (χ1n) is 11.2. The Kier molecular flexibility index (Phi) is 8.02. The first-order chi connectivity index (χ1) is 15.0. The average molecular weight is 429 g/mol. The molecule has 170 valence electrons. The van der Waals surface area contributed by atoms with E-state index in [1.165, 1.54) is 37.8 Å². The van der Waals surface area contributed by atoms with Crippen LogP contribution in [0.5, 0.6) is 11.5 Å². The summed E-state index contributed by atoms with van der Waals surface area (Å²) in [4.78, 5) is 13.1. The standard InChI is InChI=1S/C25H36N2O4/c1-17-15-22(19(3)27(17)21-9-7-6-8-10-21)25(28)26-18(2)20-11-12-23(24(16-20)30-5)31-14-13-29-4/h11-12,15-16,18,21H,6-10,13-14H2,1-5H3,(H,26,28). The summed E-state index contributed by atoms with van der Waals surface area (Å²) in [6.45, 7) is 7.12. The largest absolute Gasteiger partial charge is 0.493 e. The Morgan fingerprint density at radius 1 is 1.10 bits per heavy atom. The van der Waals surface area contributed by atoms with Gasteiger partial charge in [-0.3, -0.25) is 4.79 Å². The fraction of sp³-hybridized carbons (Fsp3) is 0.560. The predicted octanol–water partition coefficient (Wildman–Crippen LogP) is 5.13. The third-order valence-electron chi connectivity index (χ3n) is 6.25. The molecule has 31 heavy (non-hydrogen) atoms. The molecule has 1 aromatic heterocycles. The van der Waals surface area contributed by atoms with Gasteiger partial charge in [-0.25, -0.2) is 0 Å². The Hall–Kier alpha value is -2.47. The van der Waals surface area contributed by atoms with Crippen LogP contribution in [-0.4, -0.2) is 37.9 Å². The van der Waals surface area contributed by atoms with Crippen molar-refractivity contribution >= 4 is 5.91 Å². The van der Waals surface area contributed by atoms with E-state index in [0.29, 0.717) is 30.8 Å². The zero-order chi connectivity index (χ0) is 22.4. The van der Waals surface area contributed by atoms with Crippen molar-refractivity contribution in [2.45, 2.75) is 65.0 Å². The van der Waals surface area contributed by atoms with Gasteiger partial charge in [-0.1, -0.05) is 25.3 Å². The number of aromatic nitrogens is 1. The molecule has 1 amide bonds. The number of ether oxygens (including phenoxy) is 3. The lowest BCUT2D eigenvalue weighted by Gasteiger charge is -2.26. The van der Waals surface area contributed by atoms with Gasteiger partial charge in [0, 0.05) is 24.5 Å². The molecule has 1 aliphatic carbocycles. The molecule has 3 rings (SSSR count). The van der Waals surface area contributed by atoms with E-state index in [9.17, 15) is 4.79 Å². The van der Waals surface area contributed by atoms with E-state index in [-0.39, 0.29) is 11.9 Å². The summed E-state index contributed by atoms with van der Waals surface area (Å²) in [6, 6.07) is 8.13. The van der Waals surface area contributed by atoms with Crippen LogP contribution in [0, 0.1) is 13.8 Å². The molecule has 1 heterocycles. The molecule has 1 saturated carbocycles. The van der Waals surface area contributed by atoms with Crippen molar-refractivity contribution in [1.82, 2.24) is 9.88 Å². The number of aryl methyl sites for hydroxylation is 1. The number of amides is 1. The van der Waals surface area contributed by atoms with Gasteiger partial charge in [0.1, 0.15) is 6.61 Å². The highest BCUT2D eigenvalue weighted by Crippen LogP contribution is 2.33. The van der Waals surface area contributed by atoms with Crippen LogP contribution in [0.1, 0.15) is 78.4 Å². The number of hydrogen-bond donors (Lipinski definition) is 1. The van der Waals surface area contributed by atoms with Gasteiger partial charge in [0.25, 0.3) is 5.91 Å². The second-order valence-electron chi connectivity index (χ2n) is 8.39. The smallest absolute Gasteiger partial charge is 0.253 e. The van der Waals surface area contributed by atoms with Crippen molar-refractivity contribution < 1.29 is 19.0 Å². The van der Waals surface area contributed by atoms with Crippen molar-refractivity contribution in [3.05, 3.63) is 46.8 Å². The summed E-state index contributed by atoms with van der Waals surface area (Å²) in [5.74, 6) is 1.27. The van der Waals surface area contributed by atoms with Gasteiger partial charge in [-0.05, 0) is 57.4 Å². The Bertz CT molecular complexity index is 884. The topological polar surface area (TPSA) is 61.7 Å². The molecule has 1 aliphatic rings. The van der Waals surface area contributed by atoms with Crippen LogP contribution in [0.3, 0.4) is 0 Å². The molecule has 2 aromatic rings. The molecule has 1 fully saturated rings. The first-order valence-corrected chi connectivity index (χ1v) is 11.2. The lowest BCUT2D eigenvalue weighted by molar-refractivity contribution is 0.0939. The molecule has 1 atom stereocenters. The van der Waals surface area contributed by atoms with E-state index < -0.39 is 0 Å². The molecule has 0 bridgehead atoms. The molecule has 1 N–H and O–H groups in total. The Morgan fingerprint density at radius 3 is 2.52 bits per heavy atom. The van der Waals surface area contributed by atoms with Gasteiger partial charge in [-0.2, -0.15) is 0 Å². The van der Waals surface area contributed by atoms with Crippen LogP contribution < -0.4 is 14.8 Å². The maximum atomic E-state index is 13.1. The maximum Gasteiger partial charge on any atom is 0.253 e. The average Bonchev–Trinajstić information content (AvgIpc) is 3.08. The number of nitrogens with zero attached hydrogens (tertiary/aromatic N) is 1. The summed E-state index contributed by atoms with van der Waals surface area (Å²) >= 11 is 0. The lowest BCUT2D eigenvalue weighted by atomic mass is 9.95. The number of carbonyl (C=O) groups excluding carboxylic acids is 1. The molecule has 1 aromatic carbocycles. The quantitative estimate of drug-likeness (QED) is 0.562. The summed E-state index contributed by atoms with van der Waals surface area (Å²) in [5, 5.41) is 3.15. The second-order valence-corrected chi connectivity index (χ2v) is 8.39. The monoisotopic (exact) mass is 428 g/mol. The minimum atomic E-state index is -0.160. The third-order valence-corrected chi connectivity index (χ3v) is 6.25. The fourth-order valence-electron chi connectivity index (χ4n) is 4.57. The molecular formula is C25H36N2O4. The molecule has 6 heteroatoms. The normalized spacial score (nSPS) is 15.5. The van der Waals surface area contributed by atoms with Crippen LogP contribution in [0.4, 0.5) is 0 Å². The van der Waals surface area contributed by atoms with Crippen molar-refractivity contribution in [3.63, 3.8) is 0 Å². The van der Waals surface area contributed by atoms with Gasteiger partial charge in [0.2, 0.25) is 0 Å². The van der Waals surface area contributed by atoms with Gasteiger partial charge in [-0.15, -0.1) is 0 Å². The number of benzene rings is 1. The number of carbonyl (C=O) groups is 1.